The molecule has 0 saturated heterocycles. The molecule has 0 aliphatic rings. The number of benzene rings is 1. The zero-order chi connectivity index (χ0) is 13.8. The Bertz CT molecular complexity index is 577. The van der Waals surface area contributed by atoms with Gasteiger partial charge in [-0.15, -0.1) is 0 Å². The van der Waals surface area contributed by atoms with Crippen LogP contribution in [0.5, 0.6) is 5.75 Å². The smallest absolute Gasteiger partial charge is 0.142 e. The summed E-state index contributed by atoms with van der Waals surface area (Å²) in [6, 6.07) is 8.41. The van der Waals surface area contributed by atoms with E-state index in [2.05, 4.69) is 26.2 Å². The van der Waals surface area contributed by atoms with Gasteiger partial charge in [0, 0.05) is 6.20 Å². The maximum Gasteiger partial charge on any atom is 0.142 e. The van der Waals surface area contributed by atoms with Crippen LogP contribution in [0, 0.1) is 5.82 Å². The van der Waals surface area contributed by atoms with Crippen LogP contribution < -0.4 is 10.1 Å². The molecule has 2 rings (SSSR count). The average molecular weight is 325 g/mol. The molecule has 1 unspecified atom stereocenters. The van der Waals surface area contributed by atoms with E-state index >= 15 is 0 Å². The molecule has 1 aromatic carbocycles. The summed E-state index contributed by atoms with van der Waals surface area (Å²) in [7, 11) is 3.43. The molecule has 3 nitrogen and oxygen atoms in total. The van der Waals surface area contributed by atoms with Crippen molar-refractivity contribution in [1.82, 2.24) is 10.3 Å². The Labute approximate surface area is 119 Å². The van der Waals surface area contributed by atoms with Crippen LogP contribution in [0.15, 0.2) is 41.0 Å². The van der Waals surface area contributed by atoms with E-state index in [4.69, 9.17) is 4.74 Å². The number of pyridine rings is 1. The van der Waals surface area contributed by atoms with Gasteiger partial charge in [-0.1, -0.05) is 6.07 Å². The van der Waals surface area contributed by atoms with E-state index in [0.29, 0.717) is 10.2 Å². The number of nitrogens with zero attached hydrogens (tertiary/aromatic N) is 1. The van der Waals surface area contributed by atoms with Crippen molar-refractivity contribution in [2.75, 3.05) is 14.2 Å². The van der Waals surface area contributed by atoms with E-state index in [1.807, 2.05) is 19.2 Å². The first-order chi connectivity index (χ1) is 9.17. The van der Waals surface area contributed by atoms with Gasteiger partial charge in [0.1, 0.15) is 17.3 Å². The summed E-state index contributed by atoms with van der Waals surface area (Å²) >= 11 is 3.20. The van der Waals surface area contributed by atoms with Gasteiger partial charge in [-0.2, -0.15) is 0 Å². The highest BCUT2D eigenvalue weighted by molar-refractivity contribution is 9.10. The average Bonchev–Trinajstić information content (AvgIpc) is 2.44. The maximum absolute atomic E-state index is 13.3. The van der Waals surface area contributed by atoms with Gasteiger partial charge in [0.25, 0.3) is 0 Å². The predicted octanol–water partition coefficient (Wildman–Crippen LogP) is 3.30. The molecule has 0 amide bonds. The van der Waals surface area contributed by atoms with E-state index in [9.17, 15) is 4.39 Å². The van der Waals surface area contributed by atoms with Crippen LogP contribution in [0.25, 0.3) is 0 Å². The summed E-state index contributed by atoms with van der Waals surface area (Å²) in [5, 5.41) is 3.17. The van der Waals surface area contributed by atoms with E-state index in [1.54, 1.807) is 25.4 Å². The van der Waals surface area contributed by atoms with E-state index in [0.717, 1.165) is 11.3 Å². The summed E-state index contributed by atoms with van der Waals surface area (Å²) in [6.07, 6.45) is 1.71. The van der Waals surface area contributed by atoms with Crippen molar-refractivity contribution in [3.63, 3.8) is 0 Å². The molecule has 2 aromatic rings. The molecule has 1 atom stereocenters. The molecule has 1 aromatic heterocycles. The van der Waals surface area contributed by atoms with Gasteiger partial charge in [-0.3, -0.25) is 4.98 Å². The quantitative estimate of drug-likeness (QED) is 0.937. The van der Waals surface area contributed by atoms with Crippen LogP contribution in [-0.2, 0) is 0 Å². The lowest BCUT2D eigenvalue weighted by atomic mass is 10.0. The third kappa shape index (κ3) is 2.93. The molecule has 0 bridgehead atoms. The van der Waals surface area contributed by atoms with Gasteiger partial charge in [0.15, 0.2) is 0 Å². The Kier molecular flexibility index (Phi) is 4.50. The number of nitrogens with one attached hydrogen (secondary N) is 1. The number of ether oxygens (including phenoxy) is 1. The Morgan fingerprint density at radius 1 is 1.37 bits per heavy atom. The van der Waals surface area contributed by atoms with Crippen molar-refractivity contribution in [1.29, 1.82) is 0 Å². The lowest BCUT2D eigenvalue weighted by Gasteiger charge is -2.18. The van der Waals surface area contributed by atoms with Crippen molar-refractivity contribution >= 4 is 15.9 Å². The number of methoxy groups -OCH3 is 1. The molecule has 5 heteroatoms. The first-order valence-corrected chi connectivity index (χ1v) is 6.57. The first kappa shape index (κ1) is 14.0. The Balaban J connectivity index is 2.46. The molecule has 1 heterocycles. The first-order valence-electron chi connectivity index (χ1n) is 5.78. The lowest BCUT2D eigenvalue weighted by molar-refractivity contribution is 0.401. The van der Waals surface area contributed by atoms with Gasteiger partial charge in [-0.25, -0.2) is 4.39 Å². The molecule has 0 radical (unpaired) electrons. The molecule has 0 saturated carbocycles. The third-order valence-electron chi connectivity index (χ3n) is 2.86. The second-order valence-corrected chi connectivity index (χ2v) is 4.84. The van der Waals surface area contributed by atoms with Crippen LogP contribution in [0.4, 0.5) is 4.39 Å². The van der Waals surface area contributed by atoms with Crippen molar-refractivity contribution in [3.05, 3.63) is 58.1 Å². The Morgan fingerprint density at radius 2 is 2.16 bits per heavy atom. The van der Waals surface area contributed by atoms with Gasteiger partial charge in [0.2, 0.25) is 0 Å². The molecule has 100 valence electrons. The molecule has 0 aliphatic heterocycles. The Hall–Kier alpha value is -1.46. The van der Waals surface area contributed by atoms with Crippen LogP contribution >= 0.6 is 15.9 Å². The number of hydrogen-bond acceptors (Lipinski definition) is 3. The molecule has 19 heavy (non-hydrogen) atoms. The standard InChI is InChI=1S/C14H14BrFN2O/c1-17-13(9-5-6-11(16)10(15)8-9)14-12(19-2)4-3-7-18-14/h3-8,13,17H,1-2H3. The minimum atomic E-state index is -0.286. The fourth-order valence-electron chi connectivity index (χ4n) is 1.95. The van der Waals surface area contributed by atoms with Gasteiger partial charge < -0.3 is 10.1 Å². The zero-order valence-corrected chi connectivity index (χ0v) is 12.2. The van der Waals surface area contributed by atoms with Crippen LogP contribution in [0.2, 0.25) is 0 Å². The van der Waals surface area contributed by atoms with Crippen LogP contribution in [0.1, 0.15) is 17.3 Å². The van der Waals surface area contributed by atoms with E-state index < -0.39 is 0 Å². The highest BCUT2D eigenvalue weighted by Crippen LogP contribution is 2.29. The summed E-state index contributed by atoms with van der Waals surface area (Å²) in [4.78, 5) is 4.35. The third-order valence-corrected chi connectivity index (χ3v) is 3.47. The normalized spacial score (nSPS) is 12.2. The van der Waals surface area contributed by atoms with E-state index in [1.165, 1.54) is 6.07 Å². The number of rotatable bonds is 4. The maximum atomic E-state index is 13.3. The number of halogens is 2. The summed E-state index contributed by atoms with van der Waals surface area (Å²) in [5.74, 6) is 0.411. The topological polar surface area (TPSA) is 34.2 Å². The highest BCUT2D eigenvalue weighted by atomic mass is 79.9. The zero-order valence-electron chi connectivity index (χ0n) is 10.7. The molecular weight excluding hydrogens is 311 g/mol. The second kappa shape index (κ2) is 6.12. The van der Waals surface area contributed by atoms with Crippen molar-refractivity contribution < 1.29 is 9.13 Å². The highest BCUT2D eigenvalue weighted by Gasteiger charge is 2.18. The van der Waals surface area contributed by atoms with Crippen molar-refractivity contribution in [2.24, 2.45) is 0 Å². The molecule has 1 N–H and O–H groups in total. The minimum absolute atomic E-state index is 0.159. The van der Waals surface area contributed by atoms with Crippen molar-refractivity contribution in [2.45, 2.75) is 6.04 Å². The van der Waals surface area contributed by atoms with Crippen LogP contribution in [-0.4, -0.2) is 19.1 Å². The Morgan fingerprint density at radius 3 is 2.79 bits per heavy atom. The van der Waals surface area contributed by atoms with Crippen molar-refractivity contribution in [3.8, 4) is 5.75 Å². The minimum Gasteiger partial charge on any atom is -0.495 e. The predicted molar refractivity (Wildman–Crippen MR) is 75.8 cm³/mol. The number of hydrogen-bond donors (Lipinski definition) is 1. The fraction of sp³-hybridized carbons (Fsp3) is 0.214. The lowest BCUT2D eigenvalue weighted by Crippen LogP contribution is -2.19. The second-order valence-electron chi connectivity index (χ2n) is 3.99. The summed E-state index contributed by atoms with van der Waals surface area (Å²) in [5.41, 5.74) is 1.68. The monoisotopic (exact) mass is 324 g/mol. The molecule has 0 fully saturated rings. The van der Waals surface area contributed by atoms with Crippen LogP contribution in [0.3, 0.4) is 0 Å². The SMILES string of the molecule is CNC(c1ccc(F)c(Br)c1)c1ncccc1OC. The van der Waals surface area contributed by atoms with Gasteiger partial charge in [0.05, 0.1) is 17.6 Å². The summed E-state index contributed by atoms with van der Waals surface area (Å²) in [6.45, 7) is 0. The molecule has 0 spiro atoms. The summed E-state index contributed by atoms with van der Waals surface area (Å²) < 4.78 is 19.1. The van der Waals surface area contributed by atoms with E-state index in [-0.39, 0.29) is 11.9 Å². The number of aromatic nitrogens is 1. The largest absolute Gasteiger partial charge is 0.495 e. The van der Waals surface area contributed by atoms with Gasteiger partial charge >= 0.3 is 0 Å². The molecule has 0 aliphatic carbocycles. The fourth-order valence-corrected chi connectivity index (χ4v) is 2.34. The van der Waals surface area contributed by atoms with Gasteiger partial charge in [-0.05, 0) is 52.8 Å². The molecular formula is C14H14BrFN2O.